The highest BCUT2D eigenvalue weighted by atomic mass is 32.2. The molecule has 13 heavy (non-hydrogen) atoms. The van der Waals surface area contributed by atoms with Gasteiger partial charge in [0.2, 0.25) is 10.0 Å². The zero-order valence-corrected chi connectivity index (χ0v) is 8.93. The maximum atomic E-state index is 11.3. The van der Waals surface area contributed by atoms with Crippen molar-refractivity contribution in [2.45, 2.75) is 25.8 Å². The van der Waals surface area contributed by atoms with E-state index in [0.717, 1.165) is 12.8 Å². The lowest BCUT2D eigenvalue weighted by atomic mass is 10.3. The van der Waals surface area contributed by atoms with Crippen molar-refractivity contribution < 1.29 is 13.2 Å². The predicted octanol–water partition coefficient (Wildman–Crippen LogP) is 0.351. The smallest absolute Gasteiger partial charge is 0.214 e. The van der Waals surface area contributed by atoms with Crippen molar-refractivity contribution >= 4 is 10.0 Å². The van der Waals surface area contributed by atoms with E-state index in [2.05, 4.69) is 11.6 Å². The highest BCUT2D eigenvalue weighted by Gasteiger charge is 2.37. The Kier molecular flexibility index (Phi) is 3.70. The first-order chi connectivity index (χ1) is 6.09. The zero-order chi connectivity index (χ0) is 9.90. The van der Waals surface area contributed by atoms with Gasteiger partial charge < -0.3 is 4.74 Å². The van der Waals surface area contributed by atoms with E-state index in [4.69, 9.17) is 4.74 Å². The van der Waals surface area contributed by atoms with Crippen molar-refractivity contribution in [1.29, 1.82) is 0 Å². The van der Waals surface area contributed by atoms with Gasteiger partial charge in [0.05, 0.1) is 12.4 Å². The molecule has 0 radical (unpaired) electrons. The molecule has 4 nitrogen and oxygen atoms in total. The van der Waals surface area contributed by atoms with Gasteiger partial charge >= 0.3 is 0 Å². The summed E-state index contributed by atoms with van der Waals surface area (Å²) in [6, 6.07) is 0.187. The van der Waals surface area contributed by atoms with Crippen molar-refractivity contribution in [1.82, 2.24) is 4.72 Å². The normalized spacial score (nSPS) is 27.5. The summed E-state index contributed by atoms with van der Waals surface area (Å²) in [5.74, 6) is 0.619. The van der Waals surface area contributed by atoms with Gasteiger partial charge in [0.1, 0.15) is 0 Å². The van der Waals surface area contributed by atoms with Crippen LogP contribution < -0.4 is 4.72 Å². The summed E-state index contributed by atoms with van der Waals surface area (Å²) in [6.07, 6.45) is 2.04. The summed E-state index contributed by atoms with van der Waals surface area (Å²) >= 11 is 0. The van der Waals surface area contributed by atoms with Gasteiger partial charge in [-0.3, -0.25) is 0 Å². The number of sulfonamides is 1. The largest absolute Gasteiger partial charge is 0.384 e. The van der Waals surface area contributed by atoms with Crippen LogP contribution in [0.3, 0.4) is 0 Å². The van der Waals surface area contributed by atoms with Crippen molar-refractivity contribution in [3.8, 4) is 0 Å². The molecule has 0 aromatic carbocycles. The molecular formula is C8H17NO3S. The number of nitrogens with one attached hydrogen (secondary N) is 1. The van der Waals surface area contributed by atoms with Crippen LogP contribution >= 0.6 is 0 Å². The van der Waals surface area contributed by atoms with Gasteiger partial charge in [0, 0.05) is 13.2 Å². The van der Waals surface area contributed by atoms with Crippen LogP contribution in [-0.4, -0.2) is 33.9 Å². The second-order valence-electron chi connectivity index (χ2n) is 3.44. The van der Waals surface area contributed by atoms with Crippen LogP contribution in [0.15, 0.2) is 0 Å². The minimum absolute atomic E-state index is 0.0659. The number of hydrogen-bond acceptors (Lipinski definition) is 3. The van der Waals surface area contributed by atoms with E-state index in [-0.39, 0.29) is 18.4 Å². The summed E-state index contributed by atoms with van der Waals surface area (Å²) in [5.41, 5.74) is 0. The fourth-order valence-corrected chi connectivity index (χ4v) is 2.58. The molecule has 0 bridgehead atoms. The summed E-state index contributed by atoms with van der Waals surface area (Å²) < 4.78 is 30.0. The average Bonchev–Trinajstić information content (AvgIpc) is 2.79. The van der Waals surface area contributed by atoms with Gasteiger partial charge in [-0.2, -0.15) is 0 Å². The van der Waals surface area contributed by atoms with E-state index in [1.54, 1.807) is 0 Å². The second-order valence-corrected chi connectivity index (χ2v) is 5.31. The highest BCUT2D eigenvalue weighted by molar-refractivity contribution is 7.89. The number of rotatable bonds is 6. The molecular weight excluding hydrogens is 190 g/mol. The van der Waals surface area contributed by atoms with E-state index in [1.807, 2.05) is 0 Å². The molecule has 0 aromatic rings. The molecule has 5 heteroatoms. The first-order valence-corrected chi connectivity index (χ1v) is 6.23. The maximum absolute atomic E-state index is 11.3. The third-order valence-electron chi connectivity index (χ3n) is 2.33. The minimum Gasteiger partial charge on any atom is -0.384 e. The first-order valence-electron chi connectivity index (χ1n) is 4.58. The Morgan fingerprint density at radius 1 is 1.54 bits per heavy atom. The van der Waals surface area contributed by atoms with Crippen molar-refractivity contribution in [3.63, 3.8) is 0 Å². The molecule has 0 amide bonds. The molecule has 1 N–H and O–H groups in total. The lowest BCUT2D eigenvalue weighted by Crippen LogP contribution is -2.30. The lowest BCUT2D eigenvalue weighted by molar-refractivity contribution is 0.217. The van der Waals surface area contributed by atoms with Gasteiger partial charge in [-0.15, -0.1) is 0 Å². The summed E-state index contributed by atoms with van der Waals surface area (Å²) in [5, 5.41) is 0. The van der Waals surface area contributed by atoms with Gasteiger partial charge in [0.15, 0.2) is 0 Å². The Balaban J connectivity index is 2.27. The van der Waals surface area contributed by atoms with Crippen LogP contribution in [0.4, 0.5) is 0 Å². The Bertz CT molecular complexity index is 250. The number of methoxy groups -OCH3 is 1. The van der Waals surface area contributed by atoms with Crippen LogP contribution in [0.1, 0.15) is 19.8 Å². The molecule has 1 saturated carbocycles. The lowest BCUT2D eigenvalue weighted by Gasteiger charge is -2.04. The number of ether oxygens (including phenoxy) is 1. The molecule has 0 aromatic heterocycles. The molecule has 78 valence electrons. The molecule has 2 atom stereocenters. The van der Waals surface area contributed by atoms with E-state index < -0.39 is 10.0 Å². The monoisotopic (exact) mass is 207 g/mol. The molecule has 0 unspecified atom stereocenters. The Morgan fingerprint density at radius 3 is 2.69 bits per heavy atom. The third kappa shape index (κ3) is 3.62. The fraction of sp³-hybridized carbons (Fsp3) is 1.00. The van der Waals surface area contributed by atoms with E-state index >= 15 is 0 Å². The molecule has 1 aliphatic carbocycles. The van der Waals surface area contributed by atoms with E-state index in [1.165, 1.54) is 7.11 Å². The standard InChI is InChI=1S/C8H17NO3S/c1-3-7-6-8(7)9-13(10,11)5-4-12-2/h7-9H,3-6H2,1-2H3/t7-,8-/m1/s1. The second kappa shape index (κ2) is 4.39. The predicted molar refractivity (Wildman–Crippen MR) is 51.0 cm³/mol. The quantitative estimate of drug-likeness (QED) is 0.684. The summed E-state index contributed by atoms with van der Waals surface area (Å²) in [7, 11) is -1.60. The Morgan fingerprint density at radius 2 is 2.23 bits per heavy atom. The van der Waals surface area contributed by atoms with Gasteiger partial charge in [-0.25, -0.2) is 13.1 Å². The topological polar surface area (TPSA) is 55.4 Å². The zero-order valence-electron chi connectivity index (χ0n) is 8.12. The minimum atomic E-state index is -3.10. The SMILES string of the molecule is CC[C@@H]1C[C@H]1NS(=O)(=O)CCOC. The highest BCUT2D eigenvalue weighted by Crippen LogP contribution is 2.33. The molecule has 0 saturated heterocycles. The molecule has 1 fully saturated rings. The molecule has 1 rings (SSSR count). The van der Waals surface area contributed by atoms with Crippen LogP contribution in [0, 0.1) is 5.92 Å². The van der Waals surface area contributed by atoms with Crippen molar-refractivity contribution in [2.75, 3.05) is 19.5 Å². The van der Waals surface area contributed by atoms with Crippen molar-refractivity contribution in [3.05, 3.63) is 0 Å². The van der Waals surface area contributed by atoms with Crippen LogP contribution in [0.5, 0.6) is 0 Å². The third-order valence-corrected chi connectivity index (χ3v) is 3.70. The summed E-state index contributed by atoms with van der Waals surface area (Å²) in [6.45, 7) is 2.34. The van der Waals surface area contributed by atoms with E-state index in [9.17, 15) is 8.42 Å². The molecule has 0 spiro atoms. The van der Waals surface area contributed by atoms with Crippen LogP contribution in [0.25, 0.3) is 0 Å². The Labute approximate surface area is 79.7 Å². The Hall–Kier alpha value is -0.130. The molecule has 1 aliphatic rings. The van der Waals surface area contributed by atoms with Gasteiger partial charge in [-0.1, -0.05) is 13.3 Å². The average molecular weight is 207 g/mol. The molecule has 0 heterocycles. The van der Waals surface area contributed by atoms with Crippen LogP contribution in [-0.2, 0) is 14.8 Å². The maximum Gasteiger partial charge on any atom is 0.214 e. The van der Waals surface area contributed by atoms with Crippen molar-refractivity contribution in [2.24, 2.45) is 5.92 Å². The van der Waals surface area contributed by atoms with E-state index in [0.29, 0.717) is 5.92 Å². The fourth-order valence-electron chi connectivity index (χ4n) is 1.33. The number of hydrogen-bond donors (Lipinski definition) is 1. The van der Waals surface area contributed by atoms with Crippen LogP contribution in [0.2, 0.25) is 0 Å². The summed E-state index contributed by atoms with van der Waals surface area (Å²) in [4.78, 5) is 0. The molecule has 0 aliphatic heterocycles. The first kappa shape index (κ1) is 10.9. The van der Waals surface area contributed by atoms with Gasteiger partial charge in [0.25, 0.3) is 0 Å². The van der Waals surface area contributed by atoms with Gasteiger partial charge in [-0.05, 0) is 12.3 Å².